The highest BCUT2D eigenvalue weighted by molar-refractivity contribution is 5.95. The van der Waals surface area contributed by atoms with E-state index in [2.05, 4.69) is 20.9 Å². The molecule has 260 valence electrons. The van der Waals surface area contributed by atoms with E-state index in [0.29, 0.717) is 38.2 Å². The number of halogens is 9. The van der Waals surface area contributed by atoms with Crippen LogP contribution in [0.1, 0.15) is 38.3 Å². The number of hydrogen-bond acceptors (Lipinski definition) is 4. The number of carbonyl (C=O) groups is 1. The summed E-state index contributed by atoms with van der Waals surface area (Å²) in [6.07, 6.45) is -7.01. The summed E-state index contributed by atoms with van der Waals surface area (Å²) in [6.45, 7) is 4.24. The molecule has 3 aromatic carbocycles. The number of nitrogens with zero attached hydrogens (tertiary/aromatic N) is 4. The summed E-state index contributed by atoms with van der Waals surface area (Å²) < 4.78 is 81.6. The van der Waals surface area contributed by atoms with Crippen LogP contribution in [0.15, 0.2) is 79.0 Å². The van der Waals surface area contributed by atoms with Crippen molar-refractivity contribution in [2.24, 2.45) is 0 Å². The largest absolute Gasteiger partial charge is 0.416 e. The summed E-state index contributed by atoms with van der Waals surface area (Å²) in [7, 11) is 0. The lowest BCUT2D eigenvalue weighted by Crippen LogP contribution is -2.57. The summed E-state index contributed by atoms with van der Waals surface area (Å²) in [4.78, 5) is 24.2. The highest BCUT2D eigenvalue weighted by atomic mass is 35.5. The van der Waals surface area contributed by atoms with Gasteiger partial charge in [-0.3, -0.25) is 19.6 Å². The van der Waals surface area contributed by atoms with Gasteiger partial charge in [-0.25, -0.2) is 0 Å². The van der Waals surface area contributed by atoms with Crippen molar-refractivity contribution in [3.63, 3.8) is 0 Å². The van der Waals surface area contributed by atoms with Crippen molar-refractivity contribution in [2.45, 2.75) is 37.8 Å². The smallest absolute Gasteiger partial charge is 0.333 e. The number of aromatic nitrogens is 1. The maximum atomic E-state index is 13.8. The minimum atomic E-state index is -5.04. The highest BCUT2D eigenvalue weighted by Crippen LogP contribution is 2.37. The molecule has 1 aromatic heterocycles. The van der Waals surface area contributed by atoms with Gasteiger partial charge in [0.15, 0.2) is 0 Å². The van der Waals surface area contributed by atoms with E-state index < -0.39 is 41.0 Å². The minimum Gasteiger partial charge on any atom is -0.333 e. The Hall–Kier alpha value is -3.09. The van der Waals surface area contributed by atoms with Crippen LogP contribution in [0.4, 0.5) is 26.3 Å². The summed E-state index contributed by atoms with van der Waals surface area (Å²) in [5.74, 6) is -0.836. The average Bonchev–Trinajstić information content (AvgIpc) is 3.02. The third-order valence-electron chi connectivity index (χ3n) is 8.72. The maximum Gasteiger partial charge on any atom is 0.416 e. The van der Waals surface area contributed by atoms with E-state index in [-0.39, 0.29) is 49.8 Å². The number of carbonyl (C=O) groups excluding carboxylic acids is 1. The number of piperazine rings is 1. The molecular weight excluding hydrogens is 701 g/mol. The fourth-order valence-corrected chi connectivity index (χ4v) is 6.34. The Labute approximate surface area is 293 Å². The summed E-state index contributed by atoms with van der Waals surface area (Å²) in [6, 6.07) is 18.4. The van der Waals surface area contributed by atoms with Gasteiger partial charge in [-0.05, 0) is 52.6 Å². The number of amides is 1. The van der Waals surface area contributed by atoms with Crippen molar-refractivity contribution in [2.75, 3.05) is 39.3 Å². The van der Waals surface area contributed by atoms with Gasteiger partial charge in [-0.15, -0.1) is 37.2 Å². The molecule has 1 fully saturated rings. The van der Waals surface area contributed by atoms with E-state index in [1.165, 1.54) is 10.5 Å². The summed E-state index contributed by atoms with van der Waals surface area (Å²) in [5, 5.41) is 2.05. The van der Waals surface area contributed by atoms with E-state index in [0.717, 1.165) is 48.1 Å². The van der Waals surface area contributed by atoms with E-state index in [1.54, 1.807) is 6.20 Å². The zero-order chi connectivity index (χ0) is 31.8. The Bertz CT molecular complexity index is 1670. The zero-order valence-corrected chi connectivity index (χ0v) is 28.1. The molecule has 1 amide bonds. The predicted molar refractivity (Wildman–Crippen MR) is 180 cm³/mol. The van der Waals surface area contributed by atoms with Crippen LogP contribution in [0.3, 0.4) is 0 Å². The summed E-state index contributed by atoms with van der Waals surface area (Å²) in [5.41, 5.74) is -0.368. The van der Waals surface area contributed by atoms with E-state index in [4.69, 9.17) is 0 Å². The monoisotopic (exact) mass is 734 g/mol. The lowest BCUT2D eigenvalue weighted by molar-refractivity contribution is -0.143. The van der Waals surface area contributed by atoms with Crippen molar-refractivity contribution in [3.8, 4) is 0 Å². The average molecular weight is 736 g/mol. The molecule has 48 heavy (non-hydrogen) atoms. The van der Waals surface area contributed by atoms with Gasteiger partial charge < -0.3 is 4.90 Å². The van der Waals surface area contributed by atoms with Crippen molar-refractivity contribution < 1.29 is 31.1 Å². The Morgan fingerprint density at radius 1 is 0.750 bits per heavy atom. The van der Waals surface area contributed by atoms with Crippen LogP contribution in [0.5, 0.6) is 0 Å². The molecule has 0 aliphatic carbocycles. The highest BCUT2D eigenvalue weighted by Gasteiger charge is 2.39. The van der Waals surface area contributed by atoms with Crippen LogP contribution in [0.25, 0.3) is 10.8 Å². The number of fused-ring (bicyclic) bond motifs is 2. The molecule has 6 rings (SSSR count). The van der Waals surface area contributed by atoms with Gasteiger partial charge in [0.25, 0.3) is 5.91 Å². The molecular formula is C34H35Cl3F6N4O. The molecule has 3 heterocycles. The van der Waals surface area contributed by atoms with Crippen LogP contribution in [0.2, 0.25) is 0 Å². The SMILES string of the molecule is Cl.Cl.Cl.O=C(c1cc(C(F)(F)F)cc(C(F)(F)F)c1)N1CCN(CCN2CCc3ncccc3C2)C[C@H]1Cc1ccc2ccccc2c1. The fourth-order valence-electron chi connectivity index (χ4n) is 6.34. The molecule has 2 aliphatic rings. The van der Waals surface area contributed by atoms with Crippen molar-refractivity contribution in [1.29, 1.82) is 0 Å². The number of rotatable bonds is 6. The van der Waals surface area contributed by atoms with Gasteiger partial charge in [-0.1, -0.05) is 48.5 Å². The van der Waals surface area contributed by atoms with Crippen LogP contribution < -0.4 is 0 Å². The first-order chi connectivity index (χ1) is 21.4. The first kappa shape index (κ1) is 39.3. The first-order valence-corrected chi connectivity index (χ1v) is 14.9. The first-order valence-electron chi connectivity index (χ1n) is 14.9. The Balaban J connectivity index is 0.00000208. The van der Waals surface area contributed by atoms with Crippen molar-refractivity contribution in [3.05, 3.63) is 113 Å². The zero-order valence-electron chi connectivity index (χ0n) is 25.6. The summed E-state index contributed by atoms with van der Waals surface area (Å²) >= 11 is 0. The van der Waals surface area contributed by atoms with Crippen molar-refractivity contribution in [1.82, 2.24) is 19.7 Å². The Morgan fingerprint density at radius 2 is 1.42 bits per heavy atom. The standard InChI is InChI=1S/C34H32F6N4O.3ClH/c35-33(36,37)28-18-27(19-29(20-28)34(38,39)40)32(45)44-15-14-43(13-12-42-11-9-31-26(21-42)6-3-10-41-31)22-30(44)17-23-7-8-24-4-1-2-5-25(24)16-23;;;/h1-8,10,16,18-20,30H,9,11-15,17,21-22H2;3*1H/t30-;;;/m1.../s1. The van der Waals surface area contributed by atoms with Gasteiger partial charge in [0, 0.05) is 75.7 Å². The molecule has 0 unspecified atom stereocenters. The number of alkyl halides is 6. The van der Waals surface area contributed by atoms with Crippen LogP contribution >= 0.6 is 37.2 Å². The maximum absolute atomic E-state index is 13.8. The fraction of sp³-hybridized carbons (Fsp3) is 0.353. The molecule has 1 saturated heterocycles. The van der Waals surface area contributed by atoms with Gasteiger partial charge in [0.2, 0.25) is 0 Å². The number of pyridine rings is 1. The van der Waals surface area contributed by atoms with Crippen LogP contribution in [0, 0.1) is 0 Å². The number of benzene rings is 3. The quantitative estimate of drug-likeness (QED) is 0.189. The van der Waals surface area contributed by atoms with Gasteiger partial charge in [0.1, 0.15) is 0 Å². The van der Waals surface area contributed by atoms with Crippen molar-refractivity contribution >= 4 is 53.9 Å². The lowest BCUT2D eigenvalue weighted by atomic mass is 9.97. The molecule has 2 aliphatic heterocycles. The molecule has 0 radical (unpaired) electrons. The third-order valence-corrected chi connectivity index (χ3v) is 8.72. The Kier molecular flexibility index (Phi) is 13.2. The van der Waals surface area contributed by atoms with Crippen LogP contribution in [-0.4, -0.2) is 70.9 Å². The topological polar surface area (TPSA) is 39.7 Å². The molecule has 4 aromatic rings. The Morgan fingerprint density at radius 3 is 2.10 bits per heavy atom. The molecule has 1 atom stereocenters. The molecule has 0 spiro atoms. The second-order valence-electron chi connectivity index (χ2n) is 11.8. The van der Waals surface area contributed by atoms with E-state index >= 15 is 0 Å². The second-order valence-corrected chi connectivity index (χ2v) is 11.8. The minimum absolute atomic E-state index is 0. The normalized spacial score (nSPS) is 17.1. The van der Waals surface area contributed by atoms with Gasteiger partial charge in [0.05, 0.1) is 11.1 Å². The number of hydrogen-bond donors (Lipinski definition) is 0. The van der Waals surface area contributed by atoms with E-state index in [9.17, 15) is 31.1 Å². The van der Waals surface area contributed by atoms with Gasteiger partial charge in [-0.2, -0.15) is 26.3 Å². The second kappa shape index (κ2) is 16.1. The molecule has 0 saturated carbocycles. The molecule has 0 bridgehead atoms. The molecule has 0 N–H and O–H groups in total. The van der Waals surface area contributed by atoms with Crippen LogP contribution in [-0.2, 0) is 31.7 Å². The third kappa shape index (κ3) is 9.12. The van der Waals surface area contributed by atoms with Gasteiger partial charge >= 0.3 is 12.4 Å². The van der Waals surface area contributed by atoms with E-state index in [1.807, 2.05) is 48.5 Å². The lowest BCUT2D eigenvalue weighted by Gasteiger charge is -2.42. The predicted octanol–water partition coefficient (Wildman–Crippen LogP) is 7.97. The molecule has 14 heteroatoms. The molecule has 5 nitrogen and oxygen atoms in total.